The normalized spacial score (nSPS) is 11.9. The molecule has 4 heteroatoms. The van der Waals surface area contributed by atoms with Gasteiger partial charge in [-0.05, 0) is 183 Å². The van der Waals surface area contributed by atoms with Crippen molar-refractivity contribution in [3.63, 3.8) is 0 Å². The third-order valence-electron chi connectivity index (χ3n) is 14.8. The van der Waals surface area contributed by atoms with Crippen LogP contribution in [0.2, 0.25) is 0 Å². The average molecular weight is 909 g/mol. The van der Waals surface area contributed by atoms with Crippen molar-refractivity contribution in [1.82, 2.24) is 13.7 Å². The summed E-state index contributed by atoms with van der Waals surface area (Å²) in [5.41, 5.74) is 18.4. The molecule has 3 heterocycles. The van der Waals surface area contributed by atoms with Gasteiger partial charge in [0.1, 0.15) is 0 Å². The molecule has 0 saturated heterocycles. The first kappa shape index (κ1) is 43.5. The van der Waals surface area contributed by atoms with E-state index in [0.29, 0.717) is 0 Å². The first-order chi connectivity index (χ1) is 34.6. The van der Waals surface area contributed by atoms with Gasteiger partial charge in [-0.25, -0.2) is 0 Å². The number of fused-ring (bicyclic) bond motifs is 9. The van der Waals surface area contributed by atoms with Gasteiger partial charge >= 0.3 is 0 Å². The van der Waals surface area contributed by atoms with Crippen LogP contribution in [0.5, 0.6) is 0 Å². The minimum atomic E-state index is 1.10. The predicted molar refractivity (Wildman–Crippen MR) is 300 cm³/mol. The van der Waals surface area contributed by atoms with Gasteiger partial charge in [-0.1, -0.05) is 113 Å². The molecule has 0 radical (unpaired) electrons. The molecule has 0 unspecified atom stereocenters. The molecule has 0 aliphatic carbocycles. The van der Waals surface area contributed by atoms with Gasteiger partial charge in [-0.15, -0.1) is 0 Å². The van der Waals surface area contributed by atoms with Crippen molar-refractivity contribution in [2.24, 2.45) is 0 Å². The van der Waals surface area contributed by atoms with Crippen LogP contribution in [0.3, 0.4) is 0 Å². The fraction of sp³-hybridized carbons (Fsp3) is 0.182. The van der Waals surface area contributed by atoms with Crippen LogP contribution in [0.1, 0.15) is 76.0 Å². The molecule has 0 aliphatic heterocycles. The maximum atomic E-state index is 2.43. The van der Waals surface area contributed by atoms with Crippen molar-refractivity contribution >= 4 is 82.5 Å². The molecule has 0 aliphatic rings. The standard InChI is InChI=1S/C66H60N4/c1-4-7-16-46-25-40-64-58(43-46)55-19-10-13-22-61(55)68(64)52-34-28-49(29-35-52)67(50-30-36-53(37-31-50)69-62-23-14-11-20-56(62)59-44-47(17-8-5-2)26-41-65(59)69)51-32-38-54(39-33-51)70-63-24-15-12-21-57(63)60-45-48(18-9-6-3)27-42-66(60)70/h10-15,19-45H,4-9,16-18H2,1-3H3. The first-order valence-corrected chi connectivity index (χ1v) is 25.8. The molecule has 12 aromatic rings. The average Bonchev–Trinajstić information content (AvgIpc) is 4.05. The van der Waals surface area contributed by atoms with Gasteiger partial charge in [0.25, 0.3) is 0 Å². The van der Waals surface area contributed by atoms with Gasteiger partial charge in [0, 0.05) is 66.4 Å². The molecule has 0 N–H and O–H groups in total. The van der Waals surface area contributed by atoms with Crippen molar-refractivity contribution in [2.75, 3.05) is 4.90 Å². The molecule has 0 atom stereocenters. The zero-order valence-electron chi connectivity index (χ0n) is 40.7. The predicted octanol–water partition coefficient (Wildman–Crippen LogP) is 18.5. The summed E-state index contributed by atoms with van der Waals surface area (Å²) in [6, 6.07) is 75.3. The Bertz CT molecular complexity index is 3420. The van der Waals surface area contributed by atoms with Crippen LogP contribution in [0.25, 0.3) is 82.5 Å². The van der Waals surface area contributed by atoms with Crippen molar-refractivity contribution in [3.05, 3.63) is 217 Å². The summed E-state index contributed by atoms with van der Waals surface area (Å²) in [4.78, 5) is 2.40. The van der Waals surface area contributed by atoms with Gasteiger partial charge in [-0.2, -0.15) is 0 Å². The monoisotopic (exact) mass is 908 g/mol. The van der Waals surface area contributed by atoms with Gasteiger partial charge in [0.2, 0.25) is 0 Å². The zero-order chi connectivity index (χ0) is 47.1. The van der Waals surface area contributed by atoms with Gasteiger partial charge < -0.3 is 18.6 Å². The number of para-hydroxylation sites is 3. The molecule has 0 saturated carbocycles. The van der Waals surface area contributed by atoms with Gasteiger partial charge in [-0.3, -0.25) is 0 Å². The quantitative estimate of drug-likeness (QED) is 0.100. The van der Waals surface area contributed by atoms with E-state index >= 15 is 0 Å². The summed E-state index contributed by atoms with van der Waals surface area (Å²) in [6.07, 6.45) is 10.5. The van der Waals surface area contributed by atoms with E-state index < -0.39 is 0 Å². The van der Waals surface area contributed by atoms with E-state index in [1.54, 1.807) is 0 Å². The number of aryl methyl sites for hydroxylation is 3. The Morgan fingerprint density at radius 2 is 0.557 bits per heavy atom. The molecule has 70 heavy (non-hydrogen) atoms. The molecule has 0 spiro atoms. The maximum Gasteiger partial charge on any atom is 0.0541 e. The van der Waals surface area contributed by atoms with Crippen LogP contribution in [-0.2, 0) is 19.3 Å². The molecular formula is C66H60N4. The summed E-state index contributed by atoms with van der Waals surface area (Å²) in [5, 5.41) is 7.83. The maximum absolute atomic E-state index is 2.43. The number of benzene rings is 9. The van der Waals surface area contributed by atoms with Gasteiger partial charge in [0.15, 0.2) is 0 Å². The fourth-order valence-electron chi connectivity index (χ4n) is 11.2. The Labute approximate surface area is 411 Å². The lowest BCUT2D eigenvalue weighted by Gasteiger charge is -2.26. The SMILES string of the molecule is CCCCc1ccc2c(c1)c1ccccc1n2-c1ccc(N(c2ccc(-n3c4ccccc4c4cc(CCCC)ccc43)cc2)c2ccc(-n3c4ccccc4c4cc(CCCC)ccc43)cc2)cc1. The molecule has 0 bridgehead atoms. The van der Waals surface area contributed by atoms with E-state index in [4.69, 9.17) is 0 Å². The highest BCUT2D eigenvalue weighted by Gasteiger charge is 2.19. The lowest BCUT2D eigenvalue weighted by molar-refractivity contribution is 0.796. The van der Waals surface area contributed by atoms with Crippen molar-refractivity contribution in [2.45, 2.75) is 78.6 Å². The minimum Gasteiger partial charge on any atom is -0.310 e. The molecule has 12 rings (SSSR count). The van der Waals surface area contributed by atoms with Crippen molar-refractivity contribution in [3.8, 4) is 17.1 Å². The third-order valence-corrected chi connectivity index (χ3v) is 14.8. The molecule has 0 amide bonds. The summed E-state index contributed by atoms with van der Waals surface area (Å²) < 4.78 is 7.30. The molecular weight excluding hydrogens is 849 g/mol. The van der Waals surface area contributed by atoms with E-state index in [0.717, 1.165) is 53.4 Å². The number of nitrogens with zero attached hydrogens (tertiary/aromatic N) is 4. The van der Waals surface area contributed by atoms with Crippen LogP contribution in [0.15, 0.2) is 200 Å². The largest absolute Gasteiger partial charge is 0.310 e. The second kappa shape index (κ2) is 18.6. The molecule has 344 valence electrons. The van der Waals surface area contributed by atoms with Crippen LogP contribution < -0.4 is 4.90 Å². The smallest absolute Gasteiger partial charge is 0.0541 e. The van der Waals surface area contributed by atoms with E-state index in [2.05, 4.69) is 240 Å². The van der Waals surface area contributed by atoms with Crippen molar-refractivity contribution in [1.29, 1.82) is 0 Å². The van der Waals surface area contributed by atoms with Crippen LogP contribution in [-0.4, -0.2) is 13.7 Å². The van der Waals surface area contributed by atoms with Gasteiger partial charge in [0.05, 0.1) is 33.1 Å². The van der Waals surface area contributed by atoms with Crippen molar-refractivity contribution < 1.29 is 0 Å². The van der Waals surface area contributed by atoms with E-state index in [-0.39, 0.29) is 0 Å². The first-order valence-electron chi connectivity index (χ1n) is 25.8. The zero-order valence-corrected chi connectivity index (χ0v) is 40.7. The number of hydrogen-bond acceptors (Lipinski definition) is 1. The molecule has 0 fully saturated rings. The minimum absolute atomic E-state index is 1.10. The summed E-state index contributed by atoms with van der Waals surface area (Å²) >= 11 is 0. The third kappa shape index (κ3) is 7.63. The highest BCUT2D eigenvalue weighted by Crippen LogP contribution is 2.41. The summed E-state index contributed by atoms with van der Waals surface area (Å²) in [5.74, 6) is 0. The number of hydrogen-bond donors (Lipinski definition) is 0. The van der Waals surface area contributed by atoms with E-state index in [9.17, 15) is 0 Å². The number of unbranched alkanes of at least 4 members (excludes halogenated alkanes) is 3. The number of rotatable bonds is 15. The summed E-state index contributed by atoms with van der Waals surface area (Å²) in [6.45, 7) is 6.81. The Morgan fingerprint density at radius 1 is 0.286 bits per heavy atom. The number of anilines is 3. The van der Waals surface area contributed by atoms with Crippen LogP contribution >= 0.6 is 0 Å². The van der Waals surface area contributed by atoms with E-state index in [1.807, 2.05) is 0 Å². The second-order valence-electron chi connectivity index (χ2n) is 19.3. The van der Waals surface area contributed by atoms with Crippen LogP contribution in [0, 0.1) is 0 Å². The lowest BCUT2D eigenvalue weighted by atomic mass is 10.0. The lowest BCUT2D eigenvalue weighted by Crippen LogP contribution is -2.10. The Morgan fingerprint density at radius 3 is 0.843 bits per heavy atom. The highest BCUT2D eigenvalue weighted by molar-refractivity contribution is 6.11. The second-order valence-corrected chi connectivity index (χ2v) is 19.3. The highest BCUT2D eigenvalue weighted by atomic mass is 15.1. The Kier molecular flexibility index (Phi) is 11.5. The molecule has 4 nitrogen and oxygen atoms in total. The Hall–Kier alpha value is -7.82. The van der Waals surface area contributed by atoms with Crippen LogP contribution in [0.4, 0.5) is 17.1 Å². The van der Waals surface area contributed by atoms with E-state index in [1.165, 1.54) is 121 Å². The fourth-order valence-corrected chi connectivity index (χ4v) is 11.2. The molecule has 9 aromatic carbocycles. The number of aromatic nitrogens is 3. The topological polar surface area (TPSA) is 18.0 Å². The summed E-state index contributed by atoms with van der Waals surface area (Å²) in [7, 11) is 0. The Balaban J connectivity index is 0.966. The molecule has 3 aromatic heterocycles.